The number of carboxylic acids is 1. The molecule has 0 fully saturated rings. The van der Waals surface area contributed by atoms with Crippen LogP contribution in [-0.2, 0) is 15.1 Å². The van der Waals surface area contributed by atoms with E-state index in [2.05, 4.69) is 78.1 Å². The molecule has 0 spiro atoms. The number of carbonyl (C=O) groups excluding carboxylic acids is 1. The molecule has 6 nitrogen and oxygen atoms in total. The highest BCUT2D eigenvalue weighted by molar-refractivity contribution is 5.80. The molecule has 0 saturated heterocycles. The van der Waals surface area contributed by atoms with E-state index < -0.39 is 11.5 Å². The smallest absolute Gasteiger partial charge is 0.303 e. The van der Waals surface area contributed by atoms with E-state index in [-0.39, 0.29) is 18.7 Å². The number of nitrogens with one attached hydrogen (secondary N) is 1. The fraction of sp³-hybridized carbons (Fsp3) is 0.333. The van der Waals surface area contributed by atoms with Gasteiger partial charge in [-0.05, 0) is 49.0 Å². The van der Waals surface area contributed by atoms with Crippen molar-refractivity contribution in [3.63, 3.8) is 0 Å². The summed E-state index contributed by atoms with van der Waals surface area (Å²) in [5.41, 5.74) is 8.50. The van der Waals surface area contributed by atoms with E-state index in [1.165, 1.54) is 0 Å². The van der Waals surface area contributed by atoms with Gasteiger partial charge in [0, 0.05) is 19.5 Å². The van der Waals surface area contributed by atoms with Crippen molar-refractivity contribution in [1.29, 1.82) is 0 Å². The van der Waals surface area contributed by atoms with E-state index in [9.17, 15) is 9.59 Å². The van der Waals surface area contributed by atoms with Crippen LogP contribution in [-0.4, -0.2) is 48.1 Å². The normalized spacial score (nSPS) is 11.2. The van der Waals surface area contributed by atoms with Gasteiger partial charge in [-0.2, -0.15) is 0 Å². The zero-order valence-electron chi connectivity index (χ0n) is 20.8. The predicted octanol–water partition coefficient (Wildman–Crippen LogP) is 4.39. The average molecular weight is 488 g/mol. The molecule has 0 aliphatic carbocycles. The van der Waals surface area contributed by atoms with Crippen LogP contribution in [0.2, 0.25) is 0 Å². The Hall–Kier alpha value is -3.48. The van der Waals surface area contributed by atoms with E-state index in [1.807, 2.05) is 18.2 Å². The van der Waals surface area contributed by atoms with Crippen LogP contribution in [0.25, 0.3) is 0 Å². The number of hydrogen-bond acceptors (Lipinski definition) is 4. The molecule has 3 rings (SSSR count). The molecule has 0 aliphatic rings. The molecule has 190 valence electrons. The average Bonchev–Trinajstić information content (AvgIpc) is 2.92. The lowest BCUT2D eigenvalue weighted by Crippen LogP contribution is -2.46. The maximum Gasteiger partial charge on any atom is 0.303 e. The molecule has 1 amide bonds. The zero-order chi connectivity index (χ0) is 25.6. The van der Waals surface area contributed by atoms with E-state index in [1.54, 1.807) is 4.90 Å². The monoisotopic (exact) mass is 487 g/mol. The number of hydrogen-bond donors (Lipinski definition) is 3. The van der Waals surface area contributed by atoms with Crippen LogP contribution in [0, 0.1) is 0 Å². The maximum atomic E-state index is 12.7. The first kappa shape index (κ1) is 27.1. The van der Waals surface area contributed by atoms with Crippen LogP contribution in [0.3, 0.4) is 0 Å². The first-order valence-electron chi connectivity index (χ1n) is 12.7. The van der Waals surface area contributed by atoms with Crippen molar-refractivity contribution < 1.29 is 14.7 Å². The first-order chi connectivity index (χ1) is 17.6. The number of nitrogens with zero attached hydrogens (tertiary/aromatic N) is 1. The van der Waals surface area contributed by atoms with Gasteiger partial charge in [0.2, 0.25) is 5.91 Å². The summed E-state index contributed by atoms with van der Waals surface area (Å²) < 4.78 is 0. The summed E-state index contributed by atoms with van der Waals surface area (Å²) in [4.78, 5) is 25.5. The highest BCUT2D eigenvalue weighted by Gasteiger charge is 2.35. The Morgan fingerprint density at radius 1 is 0.722 bits per heavy atom. The van der Waals surface area contributed by atoms with Gasteiger partial charge in [0.15, 0.2) is 0 Å². The number of benzene rings is 3. The van der Waals surface area contributed by atoms with Crippen molar-refractivity contribution in [2.45, 2.75) is 37.6 Å². The second kappa shape index (κ2) is 14.2. The summed E-state index contributed by atoms with van der Waals surface area (Å²) in [6.45, 7) is 2.39. The van der Waals surface area contributed by atoms with Crippen LogP contribution in [0.4, 0.5) is 0 Å². The van der Waals surface area contributed by atoms with Crippen molar-refractivity contribution in [3.05, 3.63) is 108 Å². The molecule has 0 unspecified atom stereocenters. The van der Waals surface area contributed by atoms with Gasteiger partial charge in [0.25, 0.3) is 0 Å². The van der Waals surface area contributed by atoms with Crippen LogP contribution >= 0.6 is 0 Å². The maximum absolute atomic E-state index is 12.7. The number of rotatable bonds is 15. The lowest BCUT2D eigenvalue weighted by molar-refractivity contribution is -0.141. The minimum Gasteiger partial charge on any atom is -0.481 e. The minimum atomic E-state index is -0.953. The number of carboxylic acid groups (broad SMARTS) is 1. The highest BCUT2D eigenvalue weighted by atomic mass is 16.4. The molecule has 3 aromatic carbocycles. The Bertz CT molecular complexity index is 962. The molecule has 0 atom stereocenters. The third kappa shape index (κ3) is 7.26. The van der Waals surface area contributed by atoms with E-state index in [0.29, 0.717) is 26.2 Å². The van der Waals surface area contributed by atoms with Gasteiger partial charge in [-0.3, -0.25) is 14.9 Å². The lowest BCUT2D eigenvalue weighted by atomic mass is 9.77. The van der Waals surface area contributed by atoms with Crippen LogP contribution in [0.15, 0.2) is 91.0 Å². The van der Waals surface area contributed by atoms with Crippen molar-refractivity contribution in [1.82, 2.24) is 10.2 Å². The number of aliphatic carboxylic acids is 1. The van der Waals surface area contributed by atoms with Crippen LogP contribution in [0.1, 0.15) is 48.8 Å². The molecule has 6 heteroatoms. The number of amides is 1. The van der Waals surface area contributed by atoms with Crippen molar-refractivity contribution in [2.24, 2.45) is 5.73 Å². The van der Waals surface area contributed by atoms with Gasteiger partial charge in [-0.25, -0.2) is 0 Å². The van der Waals surface area contributed by atoms with Gasteiger partial charge in [0.05, 0.1) is 12.0 Å². The first-order valence-corrected chi connectivity index (χ1v) is 12.7. The molecule has 0 saturated carbocycles. The number of carbonyl (C=O) groups is 2. The molecule has 0 heterocycles. The Kier molecular flexibility index (Phi) is 10.7. The molecular formula is C30H37N3O3. The van der Waals surface area contributed by atoms with Gasteiger partial charge in [0.1, 0.15) is 0 Å². The van der Waals surface area contributed by atoms with Gasteiger partial charge < -0.3 is 15.7 Å². The predicted molar refractivity (Wildman–Crippen MR) is 144 cm³/mol. The Labute approximate surface area is 214 Å². The summed E-state index contributed by atoms with van der Waals surface area (Å²) in [5.74, 6) is -1.07. The Balaban J connectivity index is 1.82. The third-order valence-corrected chi connectivity index (χ3v) is 6.40. The molecule has 0 bridgehead atoms. The standard InChI is InChI=1S/C30H37N3O3/c31-21-10-11-23-33(28(34)19-20-29(35)36)24-12-22-32-30(25-13-4-1-5-14-25,26-15-6-2-7-16-26)27-17-8-3-9-18-27/h1-9,13-18,32H,10-12,19-24,31H2,(H,35,36). The summed E-state index contributed by atoms with van der Waals surface area (Å²) in [5, 5.41) is 12.8. The minimum absolute atomic E-state index is 0.0212. The molecule has 4 N–H and O–H groups in total. The Morgan fingerprint density at radius 2 is 1.19 bits per heavy atom. The SMILES string of the molecule is NCCCCN(CCCNC(c1ccccc1)(c1ccccc1)c1ccccc1)C(=O)CCC(=O)O. The molecule has 0 radical (unpaired) electrons. The largest absolute Gasteiger partial charge is 0.481 e. The fourth-order valence-corrected chi connectivity index (χ4v) is 4.60. The summed E-state index contributed by atoms with van der Waals surface area (Å²) in [6.07, 6.45) is 2.25. The Morgan fingerprint density at radius 3 is 1.64 bits per heavy atom. The van der Waals surface area contributed by atoms with E-state index in [0.717, 1.165) is 36.0 Å². The van der Waals surface area contributed by atoms with Gasteiger partial charge in [-0.15, -0.1) is 0 Å². The van der Waals surface area contributed by atoms with E-state index in [4.69, 9.17) is 10.8 Å². The van der Waals surface area contributed by atoms with E-state index >= 15 is 0 Å². The van der Waals surface area contributed by atoms with Gasteiger partial charge >= 0.3 is 5.97 Å². The van der Waals surface area contributed by atoms with Crippen molar-refractivity contribution >= 4 is 11.9 Å². The molecular weight excluding hydrogens is 450 g/mol. The van der Waals surface area contributed by atoms with Crippen molar-refractivity contribution in [2.75, 3.05) is 26.2 Å². The highest BCUT2D eigenvalue weighted by Crippen LogP contribution is 2.36. The van der Waals surface area contributed by atoms with Crippen molar-refractivity contribution in [3.8, 4) is 0 Å². The zero-order valence-corrected chi connectivity index (χ0v) is 20.8. The summed E-state index contributed by atoms with van der Waals surface area (Å²) >= 11 is 0. The third-order valence-electron chi connectivity index (χ3n) is 6.40. The summed E-state index contributed by atoms with van der Waals surface area (Å²) in [7, 11) is 0. The van der Waals surface area contributed by atoms with Crippen LogP contribution in [0.5, 0.6) is 0 Å². The fourth-order valence-electron chi connectivity index (χ4n) is 4.60. The molecule has 0 aromatic heterocycles. The topological polar surface area (TPSA) is 95.7 Å². The second-order valence-electron chi connectivity index (χ2n) is 8.90. The van der Waals surface area contributed by atoms with Gasteiger partial charge in [-0.1, -0.05) is 91.0 Å². The quantitative estimate of drug-likeness (QED) is 0.218. The number of nitrogens with two attached hydrogens (primary N) is 1. The molecule has 3 aromatic rings. The second-order valence-corrected chi connectivity index (χ2v) is 8.90. The molecule has 0 aliphatic heterocycles. The van der Waals surface area contributed by atoms with Crippen LogP contribution < -0.4 is 11.1 Å². The lowest BCUT2D eigenvalue weighted by Gasteiger charge is -2.37. The molecule has 36 heavy (non-hydrogen) atoms. The number of unbranched alkanes of at least 4 members (excludes halogenated alkanes) is 1. The summed E-state index contributed by atoms with van der Waals surface area (Å²) in [6, 6.07) is 31.2.